The van der Waals surface area contributed by atoms with Crippen molar-refractivity contribution in [1.82, 2.24) is 5.32 Å². The molecule has 1 nitrogen and oxygen atoms in total. The molecule has 0 atom stereocenters. The van der Waals surface area contributed by atoms with Gasteiger partial charge in [-0.1, -0.05) is 66.7 Å². The lowest BCUT2D eigenvalue weighted by molar-refractivity contribution is 0.548. The number of nitrogens with one attached hydrogen (secondary N) is 1. The lowest BCUT2D eigenvalue weighted by Gasteiger charge is -2.10. The van der Waals surface area contributed by atoms with Crippen LogP contribution >= 0.6 is 46.4 Å². The summed E-state index contributed by atoms with van der Waals surface area (Å²) < 4.78 is 0. The number of hydrogen-bond acceptors (Lipinski definition) is 1. The van der Waals surface area contributed by atoms with E-state index in [9.17, 15) is 0 Å². The second kappa shape index (κ2) is 8.59. The normalized spacial score (nSPS) is 11.3. The number of unbranched alkanes of at least 4 members (excludes halogenated alkanes) is 2. The Hall–Kier alpha value is 0.340. The molecule has 0 aliphatic carbocycles. The molecular formula is C14H19Cl4N. The smallest absolute Gasteiger partial charge is 0.0782 e. The maximum Gasteiger partial charge on any atom is 0.0782 e. The zero-order valence-electron chi connectivity index (χ0n) is 11.2. The van der Waals surface area contributed by atoms with Crippen LogP contribution in [-0.2, 0) is 6.42 Å². The monoisotopic (exact) mass is 341 g/mol. The van der Waals surface area contributed by atoms with Gasteiger partial charge in [-0.15, -0.1) is 0 Å². The lowest BCUT2D eigenvalue weighted by Crippen LogP contribution is -2.23. The van der Waals surface area contributed by atoms with E-state index in [4.69, 9.17) is 46.4 Å². The Bertz CT molecular complexity index is 418. The predicted octanol–water partition coefficient (Wildman–Crippen LogP) is 6.01. The van der Waals surface area contributed by atoms with Gasteiger partial charge < -0.3 is 5.32 Å². The van der Waals surface area contributed by atoms with E-state index in [2.05, 4.69) is 19.2 Å². The first kappa shape index (κ1) is 17.4. The molecule has 1 aromatic rings. The fourth-order valence-electron chi connectivity index (χ4n) is 1.83. The highest BCUT2D eigenvalue weighted by atomic mass is 35.5. The van der Waals surface area contributed by atoms with Gasteiger partial charge in [-0.3, -0.25) is 0 Å². The highest BCUT2D eigenvalue weighted by Crippen LogP contribution is 2.38. The van der Waals surface area contributed by atoms with Crippen LogP contribution in [0.4, 0.5) is 0 Å². The van der Waals surface area contributed by atoms with Gasteiger partial charge in [-0.2, -0.15) is 0 Å². The first-order chi connectivity index (χ1) is 8.93. The van der Waals surface area contributed by atoms with Crippen molar-refractivity contribution in [2.75, 3.05) is 6.54 Å². The molecule has 0 saturated carbocycles. The molecule has 1 aromatic carbocycles. The minimum absolute atomic E-state index is 0.393. The lowest BCUT2D eigenvalue weighted by atomic mass is 10.1. The Kier molecular flexibility index (Phi) is 7.86. The van der Waals surface area contributed by atoms with Gasteiger partial charge in [0.2, 0.25) is 0 Å². The molecule has 1 N–H and O–H groups in total. The summed E-state index contributed by atoms with van der Waals surface area (Å²) in [6.45, 7) is 5.34. The van der Waals surface area contributed by atoms with Crippen molar-refractivity contribution in [3.05, 3.63) is 31.7 Å². The van der Waals surface area contributed by atoms with Gasteiger partial charge in [0.1, 0.15) is 0 Å². The maximum atomic E-state index is 6.17. The van der Waals surface area contributed by atoms with Gasteiger partial charge in [0.05, 0.1) is 15.1 Å². The van der Waals surface area contributed by atoms with Crippen LogP contribution < -0.4 is 5.32 Å². The molecule has 0 aliphatic rings. The van der Waals surface area contributed by atoms with Crippen LogP contribution in [0.3, 0.4) is 0 Å². The van der Waals surface area contributed by atoms with Crippen molar-refractivity contribution in [3.8, 4) is 0 Å². The van der Waals surface area contributed by atoms with Crippen molar-refractivity contribution < 1.29 is 0 Å². The summed E-state index contributed by atoms with van der Waals surface area (Å²) in [4.78, 5) is 0. The van der Waals surface area contributed by atoms with E-state index in [1.807, 2.05) is 0 Å². The third-order valence-electron chi connectivity index (χ3n) is 2.87. The minimum Gasteiger partial charge on any atom is -0.315 e. The number of rotatable bonds is 7. The third kappa shape index (κ3) is 5.69. The molecule has 5 heteroatoms. The summed E-state index contributed by atoms with van der Waals surface area (Å²) >= 11 is 24.3. The first-order valence-electron chi connectivity index (χ1n) is 6.48. The Labute approximate surface area is 135 Å². The molecule has 0 saturated heterocycles. The molecule has 0 amide bonds. The van der Waals surface area contributed by atoms with E-state index in [1.54, 1.807) is 6.07 Å². The zero-order chi connectivity index (χ0) is 14.4. The van der Waals surface area contributed by atoms with Crippen molar-refractivity contribution in [2.24, 2.45) is 0 Å². The SMILES string of the molecule is CC(C)NCCCCCc1c(Cl)cc(Cl)c(Cl)c1Cl. The predicted molar refractivity (Wildman–Crippen MR) is 87.2 cm³/mol. The zero-order valence-corrected chi connectivity index (χ0v) is 14.2. The summed E-state index contributed by atoms with van der Waals surface area (Å²) in [6.07, 6.45) is 4.15. The fourth-order valence-corrected chi connectivity index (χ4v) is 2.95. The van der Waals surface area contributed by atoms with Crippen molar-refractivity contribution >= 4 is 46.4 Å². The Morgan fingerprint density at radius 3 is 2.26 bits per heavy atom. The molecule has 0 spiro atoms. The van der Waals surface area contributed by atoms with Crippen LogP contribution in [0.25, 0.3) is 0 Å². The highest BCUT2D eigenvalue weighted by molar-refractivity contribution is 6.49. The molecule has 0 aromatic heterocycles. The van der Waals surface area contributed by atoms with E-state index in [-0.39, 0.29) is 0 Å². The quantitative estimate of drug-likeness (QED) is 0.363. The van der Waals surface area contributed by atoms with Crippen LogP contribution in [0.5, 0.6) is 0 Å². The van der Waals surface area contributed by atoms with Crippen LogP contribution in [0.2, 0.25) is 20.1 Å². The standard InChI is InChI=1S/C14H19Cl4N/c1-9(2)19-7-5-3-4-6-10-11(15)8-12(16)14(18)13(10)17/h8-9,19H,3-7H2,1-2H3. The second-order valence-corrected chi connectivity index (χ2v) is 6.44. The largest absolute Gasteiger partial charge is 0.315 e. The summed E-state index contributed by atoms with van der Waals surface area (Å²) in [5.74, 6) is 0. The molecule has 0 aliphatic heterocycles. The molecular weight excluding hydrogens is 324 g/mol. The Morgan fingerprint density at radius 2 is 1.63 bits per heavy atom. The van der Waals surface area contributed by atoms with Crippen molar-refractivity contribution in [2.45, 2.75) is 45.6 Å². The third-order valence-corrected chi connectivity index (χ3v) is 4.50. The number of benzene rings is 1. The van der Waals surface area contributed by atoms with E-state index in [0.717, 1.165) is 37.8 Å². The number of hydrogen-bond donors (Lipinski definition) is 1. The van der Waals surface area contributed by atoms with E-state index in [1.165, 1.54) is 0 Å². The van der Waals surface area contributed by atoms with Crippen molar-refractivity contribution in [3.63, 3.8) is 0 Å². The van der Waals surface area contributed by atoms with E-state index < -0.39 is 0 Å². The summed E-state index contributed by atoms with van der Waals surface area (Å²) in [5, 5.41) is 5.27. The summed E-state index contributed by atoms with van der Waals surface area (Å²) in [5.41, 5.74) is 0.898. The molecule has 19 heavy (non-hydrogen) atoms. The molecule has 1 rings (SSSR count). The molecule has 108 valence electrons. The fraction of sp³-hybridized carbons (Fsp3) is 0.571. The van der Waals surface area contributed by atoms with Crippen LogP contribution in [-0.4, -0.2) is 12.6 Å². The van der Waals surface area contributed by atoms with Gasteiger partial charge in [0.25, 0.3) is 0 Å². The van der Waals surface area contributed by atoms with Gasteiger partial charge in [0.15, 0.2) is 0 Å². The van der Waals surface area contributed by atoms with E-state index in [0.29, 0.717) is 26.1 Å². The topological polar surface area (TPSA) is 12.0 Å². The van der Waals surface area contributed by atoms with Crippen molar-refractivity contribution in [1.29, 1.82) is 0 Å². The maximum absolute atomic E-state index is 6.17. The van der Waals surface area contributed by atoms with Crippen LogP contribution in [0.15, 0.2) is 6.07 Å². The molecule has 0 heterocycles. The van der Waals surface area contributed by atoms with E-state index >= 15 is 0 Å². The molecule has 0 fully saturated rings. The second-order valence-electron chi connectivity index (χ2n) is 4.87. The Balaban J connectivity index is 2.44. The highest BCUT2D eigenvalue weighted by Gasteiger charge is 2.13. The minimum atomic E-state index is 0.393. The van der Waals surface area contributed by atoms with Gasteiger partial charge in [-0.25, -0.2) is 0 Å². The van der Waals surface area contributed by atoms with Gasteiger partial charge >= 0.3 is 0 Å². The molecule has 0 radical (unpaired) electrons. The average Bonchev–Trinajstić information content (AvgIpc) is 2.34. The molecule has 0 unspecified atom stereocenters. The van der Waals surface area contributed by atoms with Crippen LogP contribution in [0, 0.1) is 0 Å². The molecule has 0 bridgehead atoms. The average molecular weight is 343 g/mol. The number of halogens is 4. The first-order valence-corrected chi connectivity index (χ1v) is 8.00. The van der Waals surface area contributed by atoms with Gasteiger partial charge in [-0.05, 0) is 37.4 Å². The van der Waals surface area contributed by atoms with Crippen LogP contribution in [0.1, 0.15) is 38.7 Å². The van der Waals surface area contributed by atoms with Gasteiger partial charge in [0, 0.05) is 11.1 Å². The summed E-state index contributed by atoms with van der Waals surface area (Å²) in [6, 6.07) is 2.20. The summed E-state index contributed by atoms with van der Waals surface area (Å²) in [7, 11) is 0. The Morgan fingerprint density at radius 1 is 0.947 bits per heavy atom.